The van der Waals surface area contributed by atoms with Crippen molar-refractivity contribution >= 4 is 45.7 Å². The summed E-state index contributed by atoms with van der Waals surface area (Å²) < 4.78 is 19.7. The lowest BCUT2D eigenvalue weighted by molar-refractivity contribution is -0.160. The summed E-state index contributed by atoms with van der Waals surface area (Å²) >= 11 is 6.27. The molecule has 11 nitrogen and oxygen atoms in total. The summed E-state index contributed by atoms with van der Waals surface area (Å²) in [4.78, 5) is 33.8. The Morgan fingerprint density at radius 3 is 2.37 bits per heavy atom. The van der Waals surface area contributed by atoms with Gasteiger partial charge in [-0.05, 0) is 108 Å². The molecule has 2 aliphatic heterocycles. The van der Waals surface area contributed by atoms with Crippen molar-refractivity contribution in [2.24, 2.45) is 0 Å². The van der Waals surface area contributed by atoms with E-state index in [4.69, 9.17) is 35.6 Å². The molecule has 0 radical (unpaired) electrons. The van der Waals surface area contributed by atoms with Gasteiger partial charge in [0.2, 0.25) is 5.89 Å². The van der Waals surface area contributed by atoms with Crippen molar-refractivity contribution < 1.29 is 28.6 Å². The molecule has 1 amide bonds. The maximum atomic E-state index is 12.7. The first-order chi connectivity index (χ1) is 24.3. The van der Waals surface area contributed by atoms with Gasteiger partial charge in [-0.2, -0.15) is 5.10 Å². The normalized spacial score (nSPS) is 16.9. The minimum absolute atomic E-state index is 0.261. The first-order valence-corrected chi connectivity index (χ1v) is 17.9. The number of hydrogen-bond donors (Lipinski definition) is 1. The third kappa shape index (κ3) is 6.70. The Balaban J connectivity index is 1.26. The Morgan fingerprint density at radius 2 is 1.75 bits per heavy atom. The van der Waals surface area contributed by atoms with Gasteiger partial charge in [-0.25, -0.2) is 14.6 Å². The molecule has 2 aromatic heterocycles. The number of benzene rings is 3. The molecule has 1 unspecified atom stereocenters. The summed E-state index contributed by atoms with van der Waals surface area (Å²) in [7, 11) is 1.42. The quantitative estimate of drug-likeness (QED) is 0.170. The lowest BCUT2D eigenvalue weighted by Gasteiger charge is -2.46. The number of carboxylic acids is 1. The predicted octanol–water partition coefficient (Wildman–Crippen LogP) is 8.06. The van der Waals surface area contributed by atoms with Gasteiger partial charge in [0.1, 0.15) is 5.52 Å². The van der Waals surface area contributed by atoms with Crippen LogP contribution in [0.3, 0.4) is 0 Å². The monoisotopic (exact) mass is 713 g/mol. The van der Waals surface area contributed by atoms with Gasteiger partial charge >= 0.3 is 12.1 Å². The molecule has 0 bridgehead atoms. The van der Waals surface area contributed by atoms with Crippen molar-refractivity contribution in [3.05, 3.63) is 70.4 Å². The van der Waals surface area contributed by atoms with Gasteiger partial charge in [-0.1, -0.05) is 23.7 Å². The van der Waals surface area contributed by atoms with Crippen molar-refractivity contribution in [2.75, 3.05) is 33.3 Å². The first kappa shape index (κ1) is 35.0. The zero-order chi connectivity index (χ0) is 36.2. The van der Waals surface area contributed by atoms with Crippen LogP contribution in [0.5, 0.6) is 0 Å². The number of carbonyl (C=O) groups excluding carboxylic acids is 1. The second-order valence-electron chi connectivity index (χ2n) is 14.6. The molecule has 1 atom stereocenters. The van der Waals surface area contributed by atoms with E-state index in [2.05, 4.69) is 28.6 Å². The largest absolute Gasteiger partial charge is 0.479 e. The van der Waals surface area contributed by atoms with Crippen LogP contribution < -0.4 is 0 Å². The average Bonchev–Trinajstić information content (AvgIpc) is 3.67. The summed E-state index contributed by atoms with van der Waals surface area (Å²) in [6, 6.07) is 15.7. The lowest BCUT2D eigenvalue weighted by atomic mass is 9.90. The highest BCUT2D eigenvalue weighted by atomic mass is 35.5. The van der Waals surface area contributed by atoms with Crippen LogP contribution in [0.2, 0.25) is 5.02 Å². The smallest absolute Gasteiger partial charge is 0.409 e. The highest BCUT2D eigenvalue weighted by molar-refractivity contribution is 6.30. The topological polar surface area (TPSA) is 123 Å². The Labute approximate surface area is 302 Å². The van der Waals surface area contributed by atoms with Gasteiger partial charge in [0, 0.05) is 58.7 Å². The molecule has 2 aliphatic rings. The molecule has 12 heteroatoms. The molecule has 1 N–H and O–H groups in total. The summed E-state index contributed by atoms with van der Waals surface area (Å²) in [6.45, 7) is 13.6. The first-order valence-electron chi connectivity index (χ1n) is 17.5. The number of halogens is 1. The number of carbonyl (C=O) groups is 2. The van der Waals surface area contributed by atoms with Crippen molar-refractivity contribution in [3.8, 4) is 22.6 Å². The number of fused-ring (bicyclic) bond motifs is 2. The minimum Gasteiger partial charge on any atom is -0.479 e. The number of methoxy groups -OCH3 is 1. The van der Waals surface area contributed by atoms with Crippen LogP contribution in [0.15, 0.2) is 52.9 Å². The zero-order valence-electron chi connectivity index (χ0n) is 29.9. The van der Waals surface area contributed by atoms with Crippen LogP contribution in [-0.4, -0.2) is 86.7 Å². The number of nitrogens with zero attached hydrogens (tertiary/aromatic N) is 5. The third-order valence-electron chi connectivity index (χ3n) is 10.1. The summed E-state index contributed by atoms with van der Waals surface area (Å²) in [5.74, 6) is -0.355. The lowest BCUT2D eigenvalue weighted by Crippen LogP contribution is -2.62. The average molecular weight is 714 g/mol. The van der Waals surface area contributed by atoms with Crippen molar-refractivity contribution in [3.63, 3.8) is 0 Å². The molecule has 3 aromatic carbocycles. The van der Waals surface area contributed by atoms with E-state index in [9.17, 15) is 14.7 Å². The number of piperidine rings is 1. The summed E-state index contributed by atoms with van der Waals surface area (Å²) in [5.41, 5.74) is 5.96. The number of rotatable bonds is 8. The molecule has 5 aromatic rings. The van der Waals surface area contributed by atoms with Gasteiger partial charge < -0.3 is 23.9 Å². The number of aliphatic carboxylic acids is 1. The molecule has 51 heavy (non-hydrogen) atoms. The fraction of sp³-hybridized carbons (Fsp3) is 0.436. The maximum absolute atomic E-state index is 12.7. The molecule has 2 fully saturated rings. The Morgan fingerprint density at radius 1 is 1.06 bits per heavy atom. The molecule has 268 valence electrons. The van der Waals surface area contributed by atoms with Crippen LogP contribution in [0.25, 0.3) is 44.6 Å². The Kier molecular flexibility index (Phi) is 9.32. The molecule has 0 saturated carbocycles. The van der Waals surface area contributed by atoms with E-state index >= 15 is 0 Å². The van der Waals surface area contributed by atoms with Gasteiger partial charge in [-0.3, -0.25) is 9.58 Å². The second kappa shape index (κ2) is 13.6. The molecular formula is C39H44ClN5O6. The van der Waals surface area contributed by atoms with Crippen LogP contribution in [0.1, 0.15) is 69.4 Å². The number of ether oxygens (including phenoxy) is 2. The van der Waals surface area contributed by atoms with E-state index < -0.39 is 17.7 Å². The number of likely N-dealkylation sites (tertiary alicyclic amines) is 2. The van der Waals surface area contributed by atoms with Crippen molar-refractivity contribution in [1.29, 1.82) is 0 Å². The van der Waals surface area contributed by atoms with E-state index in [-0.39, 0.29) is 6.09 Å². The maximum Gasteiger partial charge on any atom is 0.409 e. The fourth-order valence-corrected chi connectivity index (χ4v) is 7.67. The van der Waals surface area contributed by atoms with E-state index in [0.29, 0.717) is 58.2 Å². The molecule has 7 rings (SSSR count). The Hall–Kier alpha value is -4.45. The second-order valence-corrected chi connectivity index (χ2v) is 15.0. The van der Waals surface area contributed by atoms with Crippen LogP contribution >= 0.6 is 11.6 Å². The third-order valence-corrected chi connectivity index (χ3v) is 10.3. The van der Waals surface area contributed by atoms with Crippen molar-refractivity contribution in [2.45, 2.75) is 77.7 Å². The molecule has 2 saturated heterocycles. The predicted molar refractivity (Wildman–Crippen MR) is 196 cm³/mol. The number of hydrogen-bond acceptors (Lipinski definition) is 8. The molecule has 0 aliphatic carbocycles. The van der Waals surface area contributed by atoms with E-state index in [1.807, 2.05) is 52.0 Å². The highest BCUT2D eigenvalue weighted by Gasteiger charge is 2.38. The van der Waals surface area contributed by atoms with Crippen LogP contribution in [0, 0.1) is 6.92 Å². The number of amides is 1. The minimum atomic E-state index is -1.24. The molecular weight excluding hydrogens is 670 g/mol. The van der Waals surface area contributed by atoms with Crippen LogP contribution in [0.4, 0.5) is 4.79 Å². The van der Waals surface area contributed by atoms with Crippen molar-refractivity contribution in [1.82, 2.24) is 24.6 Å². The van der Waals surface area contributed by atoms with E-state index in [1.54, 1.807) is 17.0 Å². The number of aryl methyl sites for hydroxylation is 2. The number of carboxylic acid groups (broad SMARTS) is 1. The molecule has 4 heterocycles. The number of aromatic nitrogens is 3. The van der Waals surface area contributed by atoms with E-state index in [0.717, 1.165) is 65.8 Å². The van der Waals surface area contributed by atoms with E-state index in [1.165, 1.54) is 7.11 Å². The van der Waals surface area contributed by atoms with Gasteiger partial charge in [-0.15, -0.1) is 0 Å². The van der Waals surface area contributed by atoms with Gasteiger partial charge in [0.15, 0.2) is 11.7 Å². The Bertz CT molecular complexity index is 2100. The van der Waals surface area contributed by atoms with Gasteiger partial charge in [0.25, 0.3) is 0 Å². The van der Waals surface area contributed by atoms with Crippen LogP contribution in [-0.2, 0) is 20.8 Å². The highest BCUT2D eigenvalue weighted by Crippen LogP contribution is 2.43. The number of oxazole rings is 1. The summed E-state index contributed by atoms with van der Waals surface area (Å²) in [6.07, 6.45) is 0.454. The summed E-state index contributed by atoms with van der Waals surface area (Å²) in [5, 5.41) is 17.2. The zero-order valence-corrected chi connectivity index (χ0v) is 30.7. The van der Waals surface area contributed by atoms with Gasteiger partial charge in [0.05, 0.1) is 23.9 Å². The molecule has 0 spiro atoms. The standard InChI is InChI=1S/C39H44ClN5O6/c1-7-45-30-13-10-25(19-28(30)33(42-45)24-14-16-43(17-15-24)27-20-44(21-27)38(48)49-6)36-41-29-18-22(2)31(35(37(46)47)51-39(3,4)5)32(34(29)50-36)23-8-11-26(40)12-9-23/h8-13,18-19,24,27,35H,7,14-17,20-21H2,1-6H3,(H,46,47). The SMILES string of the molecule is CCn1nc(C2CCN(C3CN(C(=O)OC)C3)CC2)c2cc(-c3nc4cc(C)c(C(OC(C)(C)C)C(=O)O)c(-c5ccc(Cl)cc5)c4o3)ccc21. The fourth-order valence-electron chi connectivity index (χ4n) is 7.54.